The Morgan fingerprint density at radius 3 is 2.76 bits per heavy atom. The molecule has 1 atom stereocenters. The molecule has 0 N–H and O–H groups in total. The third kappa shape index (κ3) is 2.90. The predicted molar refractivity (Wildman–Crippen MR) is 98.0 cm³/mol. The largest absolute Gasteiger partial charge is 0.496 e. The maximum absolute atomic E-state index is 5.61. The summed E-state index contributed by atoms with van der Waals surface area (Å²) in [6, 6.07) is 5.93. The molecule has 1 saturated heterocycles. The van der Waals surface area contributed by atoms with Crippen molar-refractivity contribution in [3.8, 4) is 17.2 Å². The van der Waals surface area contributed by atoms with Crippen LogP contribution in [0.3, 0.4) is 0 Å². The molecule has 0 bridgehead atoms. The Morgan fingerprint density at radius 2 is 2.00 bits per heavy atom. The van der Waals surface area contributed by atoms with Gasteiger partial charge in [-0.25, -0.2) is 9.97 Å². The number of hydrogen-bond acceptors (Lipinski definition) is 8. The van der Waals surface area contributed by atoms with Crippen molar-refractivity contribution >= 4 is 23.4 Å². The van der Waals surface area contributed by atoms with E-state index < -0.39 is 0 Å². The molecule has 2 aliphatic heterocycles. The van der Waals surface area contributed by atoms with E-state index in [9.17, 15) is 0 Å². The van der Waals surface area contributed by atoms with E-state index in [1.54, 1.807) is 13.4 Å². The van der Waals surface area contributed by atoms with Crippen LogP contribution in [0.2, 0.25) is 0 Å². The standard InChI is InChI=1S/C17H20N4O3S/c1-20(2)15-8-16(19-9-18-15)21-4-5-25-17(21)11-6-13-14(24-10-23-13)7-12(11)22-3/h6-9,17H,4-5,10H2,1-3H3. The van der Waals surface area contributed by atoms with Gasteiger partial charge in [0.1, 0.15) is 29.1 Å². The summed E-state index contributed by atoms with van der Waals surface area (Å²) >= 11 is 1.86. The molecule has 0 spiro atoms. The van der Waals surface area contributed by atoms with Gasteiger partial charge in [-0.3, -0.25) is 0 Å². The molecule has 132 valence electrons. The molecule has 1 aromatic carbocycles. The molecule has 2 aliphatic rings. The van der Waals surface area contributed by atoms with Gasteiger partial charge in [0.15, 0.2) is 11.5 Å². The molecule has 1 unspecified atom stereocenters. The van der Waals surface area contributed by atoms with E-state index in [4.69, 9.17) is 14.2 Å². The fourth-order valence-electron chi connectivity index (χ4n) is 3.01. The van der Waals surface area contributed by atoms with Crippen molar-refractivity contribution in [2.24, 2.45) is 0 Å². The first-order valence-electron chi connectivity index (χ1n) is 8.02. The summed E-state index contributed by atoms with van der Waals surface area (Å²) < 4.78 is 16.6. The quantitative estimate of drug-likeness (QED) is 0.824. The molecule has 25 heavy (non-hydrogen) atoms. The van der Waals surface area contributed by atoms with E-state index in [1.165, 1.54) is 0 Å². The summed E-state index contributed by atoms with van der Waals surface area (Å²) in [6.07, 6.45) is 1.61. The number of thioether (sulfide) groups is 1. The van der Waals surface area contributed by atoms with Crippen molar-refractivity contribution in [3.05, 3.63) is 30.1 Å². The SMILES string of the molecule is COc1cc2c(cc1C1SCCN1c1cc(N(C)C)ncn1)OCO2. The lowest BCUT2D eigenvalue weighted by Gasteiger charge is -2.27. The molecule has 3 heterocycles. The lowest BCUT2D eigenvalue weighted by Crippen LogP contribution is -2.24. The highest BCUT2D eigenvalue weighted by atomic mass is 32.2. The van der Waals surface area contributed by atoms with Gasteiger partial charge in [-0.15, -0.1) is 11.8 Å². The van der Waals surface area contributed by atoms with Gasteiger partial charge in [0.2, 0.25) is 6.79 Å². The summed E-state index contributed by atoms with van der Waals surface area (Å²) in [5, 5.41) is 0.106. The number of methoxy groups -OCH3 is 1. The second-order valence-electron chi connectivity index (χ2n) is 5.99. The van der Waals surface area contributed by atoms with Gasteiger partial charge in [-0.2, -0.15) is 0 Å². The van der Waals surface area contributed by atoms with Crippen molar-refractivity contribution in [2.75, 3.05) is 50.1 Å². The topological polar surface area (TPSA) is 60.0 Å². The van der Waals surface area contributed by atoms with Crippen molar-refractivity contribution in [1.82, 2.24) is 9.97 Å². The van der Waals surface area contributed by atoms with E-state index >= 15 is 0 Å². The zero-order valence-electron chi connectivity index (χ0n) is 14.4. The number of fused-ring (bicyclic) bond motifs is 1. The van der Waals surface area contributed by atoms with Crippen LogP contribution >= 0.6 is 11.8 Å². The number of rotatable bonds is 4. The van der Waals surface area contributed by atoms with E-state index in [0.717, 1.165) is 46.7 Å². The minimum atomic E-state index is 0.106. The highest BCUT2D eigenvalue weighted by molar-refractivity contribution is 7.99. The third-order valence-electron chi connectivity index (χ3n) is 4.27. The Kier molecular flexibility index (Phi) is 4.20. The lowest BCUT2D eigenvalue weighted by molar-refractivity contribution is 0.174. The van der Waals surface area contributed by atoms with Crippen LogP contribution in [0.4, 0.5) is 11.6 Å². The van der Waals surface area contributed by atoms with E-state index in [-0.39, 0.29) is 12.2 Å². The highest BCUT2D eigenvalue weighted by Gasteiger charge is 2.32. The molecule has 4 rings (SSSR count). The molecule has 2 aromatic rings. The van der Waals surface area contributed by atoms with Crippen molar-refractivity contribution in [3.63, 3.8) is 0 Å². The van der Waals surface area contributed by atoms with Gasteiger partial charge in [0, 0.05) is 44.1 Å². The highest BCUT2D eigenvalue weighted by Crippen LogP contribution is 2.48. The minimum absolute atomic E-state index is 0.106. The smallest absolute Gasteiger partial charge is 0.231 e. The average molecular weight is 360 g/mol. The summed E-state index contributed by atoms with van der Waals surface area (Å²) in [7, 11) is 5.63. The van der Waals surface area contributed by atoms with Crippen LogP contribution in [0.1, 0.15) is 10.9 Å². The number of anilines is 2. The van der Waals surface area contributed by atoms with E-state index in [2.05, 4.69) is 14.9 Å². The van der Waals surface area contributed by atoms with Crippen LogP contribution in [0.25, 0.3) is 0 Å². The number of hydrogen-bond donors (Lipinski definition) is 0. The normalized spacial score (nSPS) is 18.5. The van der Waals surface area contributed by atoms with Crippen LogP contribution in [-0.4, -0.2) is 50.3 Å². The Balaban J connectivity index is 1.72. The van der Waals surface area contributed by atoms with Crippen LogP contribution in [-0.2, 0) is 0 Å². The number of aromatic nitrogens is 2. The number of nitrogens with zero attached hydrogens (tertiary/aromatic N) is 4. The molecular formula is C17H20N4O3S. The molecule has 1 fully saturated rings. The van der Waals surface area contributed by atoms with Gasteiger partial charge >= 0.3 is 0 Å². The Labute approximate surface area is 150 Å². The third-order valence-corrected chi connectivity index (χ3v) is 5.52. The van der Waals surface area contributed by atoms with Gasteiger partial charge in [-0.05, 0) is 6.07 Å². The average Bonchev–Trinajstić information content (AvgIpc) is 3.29. The van der Waals surface area contributed by atoms with E-state index in [1.807, 2.05) is 49.0 Å². The zero-order valence-corrected chi connectivity index (χ0v) is 15.2. The molecular weight excluding hydrogens is 340 g/mol. The van der Waals surface area contributed by atoms with Crippen LogP contribution in [0.15, 0.2) is 24.5 Å². The molecule has 0 radical (unpaired) electrons. The lowest BCUT2D eigenvalue weighted by atomic mass is 10.1. The van der Waals surface area contributed by atoms with Crippen molar-refractivity contribution in [2.45, 2.75) is 5.37 Å². The number of benzene rings is 1. The first kappa shape index (κ1) is 16.1. The van der Waals surface area contributed by atoms with Crippen LogP contribution < -0.4 is 24.0 Å². The predicted octanol–water partition coefficient (Wildman–Crippen LogP) is 2.53. The van der Waals surface area contributed by atoms with Crippen molar-refractivity contribution in [1.29, 1.82) is 0 Å². The first-order chi connectivity index (χ1) is 12.2. The fraction of sp³-hybridized carbons (Fsp3) is 0.412. The minimum Gasteiger partial charge on any atom is -0.496 e. The van der Waals surface area contributed by atoms with Crippen molar-refractivity contribution < 1.29 is 14.2 Å². The second kappa shape index (κ2) is 6.51. The Morgan fingerprint density at radius 1 is 1.20 bits per heavy atom. The molecule has 7 nitrogen and oxygen atoms in total. The maximum atomic E-state index is 5.61. The van der Waals surface area contributed by atoms with Gasteiger partial charge in [0.25, 0.3) is 0 Å². The van der Waals surface area contributed by atoms with Gasteiger partial charge in [-0.1, -0.05) is 0 Å². The summed E-state index contributed by atoms with van der Waals surface area (Å²) in [5.41, 5.74) is 1.07. The monoisotopic (exact) mass is 360 g/mol. The summed E-state index contributed by atoms with van der Waals surface area (Å²) in [5.74, 6) is 5.11. The Hall–Kier alpha value is -2.35. The zero-order chi connectivity index (χ0) is 17.4. The first-order valence-corrected chi connectivity index (χ1v) is 9.07. The molecule has 8 heteroatoms. The summed E-state index contributed by atoms with van der Waals surface area (Å²) in [6.45, 7) is 1.17. The number of ether oxygens (including phenoxy) is 3. The van der Waals surface area contributed by atoms with Gasteiger partial charge < -0.3 is 24.0 Å². The van der Waals surface area contributed by atoms with Crippen LogP contribution in [0, 0.1) is 0 Å². The molecule has 1 aromatic heterocycles. The fourth-order valence-corrected chi connectivity index (χ4v) is 4.29. The Bertz CT molecular complexity index is 786. The maximum Gasteiger partial charge on any atom is 0.231 e. The molecule has 0 aliphatic carbocycles. The second-order valence-corrected chi connectivity index (χ2v) is 7.18. The molecule has 0 saturated carbocycles. The van der Waals surface area contributed by atoms with Crippen LogP contribution in [0.5, 0.6) is 17.2 Å². The van der Waals surface area contributed by atoms with E-state index in [0.29, 0.717) is 0 Å². The molecule has 0 amide bonds. The van der Waals surface area contributed by atoms with Gasteiger partial charge in [0.05, 0.1) is 7.11 Å². The summed E-state index contributed by atoms with van der Waals surface area (Å²) in [4.78, 5) is 13.0.